The summed E-state index contributed by atoms with van der Waals surface area (Å²) in [5.74, 6) is -0.640. The number of hydrogen-bond donors (Lipinski definition) is 1. The molecular formula is C11H12F3NO2. The fourth-order valence-electron chi connectivity index (χ4n) is 1.36. The van der Waals surface area contributed by atoms with Gasteiger partial charge < -0.3 is 10.1 Å². The molecule has 17 heavy (non-hydrogen) atoms. The van der Waals surface area contributed by atoms with Gasteiger partial charge in [-0.05, 0) is 19.2 Å². The molecule has 0 unspecified atom stereocenters. The first kappa shape index (κ1) is 13.5. The third-order valence-electron chi connectivity index (χ3n) is 2.17. The van der Waals surface area contributed by atoms with Gasteiger partial charge in [0.1, 0.15) is 5.75 Å². The Morgan fingerprint density at radius 2 is 2.06 bits per heavy atom. The lowest BCUT2D eigenvalue weighted by Crippen LogP contribution is -2.19. The lowest BCUT2D eigenvalue weighted by atomic mass is 10.1. The van der Waals surface area contributed by atoms with Crippen molar-refractivity contribution in [2.24, 2.45) is 0 Å². The topological polar surface area (TPSA) is 38.3 Å². The van der Waals surface area contributed by atoms with Crippen LogP contribution in [0.1, 0.15) is 15.9 Å². The minimum Gasteiger partial charge on any atom is -0.496 e. The SMILES string of the molecule is CNCC(=O)c1ccc(C(F)(F)F)c(OC)c1. The molecule has 3 nitrogen and oxygen atoms in total. The zero-order chi connectivity index (χ0) is 13.1. The zero-order valence-corrected chi connectivity index (χ0v) is 9.39. The normalized spacial score (nSPS) is 11.4. The minimum absolute atomic E-state index is 0.0640. The Labute approximate surface area is 96.6 Å². The van der Waals surface area contributed by atoms with E-state index in [1.807, 2.05) is 0 Å². The molecule has 0 saturated heterocycles. The van der Waals surface area contributed by atoms with E-state index in [2.05, 4.69) is 10.1 Å². The quantitative estimate of drug-likeness (QED) is 0.828. The van der Waals surface area contributed by atoms with Crippen LogP contribution in [0.3, 0.4) is 0 Å². The van der Waals surface area contributed by atoms with Crippen LogP contribution < -0.4 is 10.1 Å². The first-order valence-electron chi connectivity index (χ1n) is 4.83. The number of rotatable bonds is 4. The van der Waals surface area contributed by atoms with Gasteiger partial charge in [-0.3, -0.25) is 4.79 Å². The number of methoxy groups -OCH3 is 1. The lowest BCUT2D eigenvalue weighted by Gasteiger charge is -2.12. The number of benzene rings is 1. The highest BCUT2D eigenvalue weighted by molar-refractivity contribution is 5.98. The van der Waals surface area contributed by atoms with E-state index in [4.69, 9.17) is 0 Å². The molecule has 0 radical (unpaired) electrons. The van der Waals surface area contributed by atoms with Crippen LogP contribution in [0, 0.1) is 0 Å². The number of Topliss-reactive ketones (excluding diaryl/α,β-unsaturated/α-hetero) is 1. The van der Waals surface area contributed by atoms with E-state index < -0.39 is 11.7 Å². The van der Waals surface area contributed by atoms with E-state index in [1.54, 1.807) is 7.05 Å². The Hall–Kier alpha value is -1.56. The van der Waals surface area contributed by atoms with Crippen molar-refractivity contribution in [3.8, 4) is 5.75 Å². The highest BCUT2D eigenvalue weighted by Gasteiger charge is 2.34. The van der Waals surface area contributed by atoms with Crippen LogP contribution in [0.5, 0.6) is 5.75 Å². The summed E-state index contributed by atoms with van der Waals surface area (Å²) < 4.78 is 42.3. The summed E-state index contributed by atoms with van der Waals surface area (Å²) in [7, 11) is 2.72. The number of carbonyl (C=O) groups is 1. The van der Waals surface area contributed by atoms with Crippen LogP contribution in [0.4, 0.5) is 13.2 Å². The third-order valence-corrected chi connectivity index (χ3v) is 2.17. The van der Waals surface area contributed by atoms with Gasteiger partial charge in [-0.2, -0.15) is 13.2 Å². The first-order chi connectivity index (χ1) is 7.90. The molecule has 0 aliphatic carbocycles. The van der Waals surface area contributed by atoms with E-state index in [-0.39, 0.29) is 23.6 Å². The van der Waals surface area contributed by atoms with Crippen molar-refractivity contribution in [1.29, 1.82) is 0 Å². The second kappa shape index (κ2) is 5.18. The summed E-state index contributed by atoms with van der Waals surface area (Å²) in [5.41, 5.74) is -0.704. The fraction of sp³-hybridized carbons (Fsp3) is 0.364. The van der Waals surface area contributed by atoms with Crippen LogP contribution in [-0.4, -0.2) is 26.5 Å². The molecule has 0 atom stereocenters. The maximum atomic E-state index is 12.5. The molecule has 0 saturated carbocycles. The van der Waals surface area contributed by atoms with Crippen LogP contribution >= 0.6 is 0 Å². The highest BCUT2D eigenvalue weighted by Crippen LogP contribution is 2.36. The first-order valence-corrected chi connectivity index (χ1v) is 4.83. The van der Waals surface area contributed by atoms with Gasteiger partial charge in [0.25, 0.3) is 0 Å². The molecule has 6 heteroatoms. The van der Waals surface area contributed by atoms with Crippen molar-refractivity contribution in [1.82, 2.24) is 5.32 Å². The largest absolute Gasteiger partial charge is 0.496 e. The van der Waals surface area contributed by atoms with Gasteiger partial charge in [0, 0.05) is 5.56 Å². The molecule has 0 heterocycles. The van der Waals surface area contributed by atoms with Crippen molar-refractivity contribution in [2.45, 2.75) is 6.18 Å². The van der Waals surface area contributed by atoms with Gasteiger partial charge in [-0.25, -0.2) is 0 Å². The number of carbonyl (C=O) groups excluding carboxylic acids is 1. The maximum absolute atomic E-state index is 12.5. The molecule has 1 aromatic rings. The third kappa shape index (κ3) is 3.20. The molecular weight excluding hydrogens is 235 g/mol. The number of ether oxygens (including phenoxy) is 1. The molecule has 94 valence electrons. The van der Waals surface area contributed by atoms with Crippen LogP contribution in [0.2, 0.25) is 0 Å². The van der Waals surface area contributed by atoms with E-state index >= 15 is 0 Å². The van der Waals surface area contributed by atoms with Crippen molar-refractivity contribution >= 4 is 5.78 Å². The summed E-state index contributed by atoms with van der Waals surface area (Å²) >= 11 is 0. The summed E-state index contributed by atoms with van der Waals surface area (Å²) in [6, 6.07) is 3.09. The Bertz CT molecular complexity index is 416. The van der Waals surface area contributed by atoms with E-state index in [0.717, 1.165) is 25.3 Å². The number of alkyl halides is 3. The molecule has 0 amide bonds. The van der Waals surface area contributed by atoms with Gasteiger partial charge >= 0.3 is 6.18 Å². The molecule has 0 aliphatic rings. The zero-order valence-electron chi connectivity index (χ0n) is 9.39. The predicted molar refractivity (Wildman–Crippen MR) is 56.3 cm³/mol. The summed E-state index contributed by atoms with van der Waals surface area (Å²) in [6.07, 6.45) is -4.49. The number of halogens is 3. The van der Waals surface area contributed by atoms with Crippen LogP contribution in [-0.2, 0) is 6.18 Å². The average molecular weight is 247 g/mol. The van der Waals surface area contributed by atoms with Crippen molar-refractivity contribution in [3.63, 3.8) is 0 Å². The summed E-state index contributed by atoms with van der Waals surface area (Å²) in [4.78, 5) is 11.5. The van der Waals surface area contributed by atoms with E-state index in [1.165, 1.54) is 0 Å². The maximum Gasteiger partial charge on any atom is 0.419 e. The number of likely N-dealkylation sites (N-methyl/N-ethyl adjacent to an activating group) is 1. The number of ketones is 1. The molecule has 0 spiro atoms. The summed E-state index contributed by atoms with van der Waals surface area (Å²) in [6.45, 7) is 0.0640. The number of nitrogens with one attached hydrogen (secondary N) is 1. The second-order valence-corrected chi connectivity index (χ2v) is 3.37. The van der Waals surface area contributed by atoms with Gasteiger partial charge in [0.05, 0.1) is 19.2 Å². The smallest absolute Gasteiger partial charge is 0.419 e. The molecule has 0 aliphatic heterocycles. The Kier molecular flexibility index (Phi) is 4.11. The monoisotopic (exact) mass is 247 g/mol. The average Bonchev–Trinajstić information content (AvgIpc) is 2.27. The van der Waals surface area contributed by atoms with E-state index in [9.17, 15) is 18.0 Å². The van der Waals surface area contributed by atoms with Gasteiger partial charge in [0.2, 0.25) is 0 Å². The van der Waals surface area contributed by atoms with Gasteiger partial charge in [-0.15, -0.1) is 0 Å². The lowest BCUT2D eigenvalue weighted by molar-refractivity contribution is -0.138. The van der Waals surface area contributed by atoms with Crippen molar-refractivity contribution in [2.75, 3.05) is 20.7 Å². The van der Waals surface area contributed by atoms with Crippen LogP contribution in [0.15, 0.2) is 18.2 Å². The van der Waals surface area contributed by atoms with E-state index in [0.29, 0.717) is 0 Å². The fourth-order valence-corrected chi connectivity index (χ4v) is 1.36. The molecule has 0 aromatic heterocycles. The molecule has 1 aromatic carbocycles. The molecule has 1 rings (SSSR count). The van der Waals surface area contributed by atoms with Crippen molar-refractivity contribution < 1.29 is 22.7 Å². The second-order valence-electron chi connectivity index (χ2n) is 3.37. The molecule has 0 fully saturated rings. The summed E-state index contributed by atoms with van der Waals surface area (Å²) in [5, 5.41) is 2.64. The van der Waals surface area contributed by atoms with Crippen LogP contribution in [0.25, 0.3) is 0 Å². The standard InChI is InChI=1S/C11H12F3NO2/c1-15-6-9(16)7-3-4-8(11(12,13)14)10(5-7)17-2/h3-5,15H,6H2,1-2H3. The van der Waals surface area contributed by atoms with Gasteiger partial charge in [0.15, 0.2) is 5.78 Å². The minimum atomic E-state index is -4.49. The Morgan fingerprint density at radius 1 is 1.41 bits per heavy atom. The van der Waals surface area contributed by atoms with Crippen molar-refractivity contribution in [3.05, 3.63) is 29.3 Å². The Morgan fingerprint density at radius 3 is 2.53 bits per heavy atom. The number of hydrogen-bond acceptors (Lipinski definition) is 3. The molecule has 1 N–H and O–H groups in total. The molecule has 0 bridgehead atoms. The predicted octanol–water partition coefficient (Wildman–Crippen LogP) is 2.12. The van der Waals surface area contributed by atoms with Gasteiger partial charge in [-0.1, -0.05) is 6.07 Å². The highest BCUT2D eigenvalue weighted by atomic mass is 19.4. The Balaban J connectivity index is 3.13.